The lowest BCUT2D eigenvalue weighted by Crippen LogP contribution is -2.42. The molecule has 1 unspecified atom stereocenters. The van der Waals surface area contributed by atoms with Gasteiger partial charge in [-0.2, -0.15) is 0 Å². The minimum Gasteiger partial charge on any atom is -0.497 e. The van der Waals surface area contributed by atoms with E-state index in [1.165, 1.54) is 69.9 Å². The molecule has 0 radical (unpaired) electrons. The van der Waals surface area contributed by atoms with Crippen LogP contribution in [0.1, 0.15) is 79.4 Å². The van der Waals surface area contributed by atoms with Crippen molar-refractivity contribution in [1.29, 1.82) is 0 Å². The molecule has 1 saturated carbocycles. The van der Waals surface area contributed by atoms with E-state index in [9.17, 15) is 4.79 Å². The third kappa shape index (κ3) is 5.65. The Balaban J connectivity index is 0.00000304. The molecule has 2 aliphatic rings. The van der Waals surface area contributed by atoms with Gasteiger partial charge in [0.05, 0.1) is 12.6 Å². The number of halogens is 1. The van der Waals surface area contributed by atoms with Gasteiger partial charge in [-0.25, -0.2) is 0 Å². The van der Waals surface area contributed by atoms with Crippen molar-refractivity contribution in [2.75, 3.05) is 20.2 Å². The van der Waals surface area contributed by atoms with E-state index in [0.29, 0.717) is 0 Å². The Morgan fingerprint density at radius 2 is 1.72 bits per heavy atom. The number of aromatic nitrogens is 1. The Morgan fingerprint density at radius 1 is 0.972 bits per heavy atom. The maximum absolute atomic E-state index is 13.5. The average Bonchev–Trinajstić information content (AvgIpc) is 3.19. The van der Waals surface area contributed by atoms with Crippen LogP contribution in [0.15, 0.2) is 48.5 Å². The molecule has 0 bridgehead atoms. The fourth-order valence-electron chi connectivity index (χ4n) is 6.56. The Bertz CT molecular complexity index is 1150. The summed E-state index contributed by atoms with van der Waals surface area (Å²) in [7, 11) is 1.71. The molecule has 1 atom stereocenters. The van der Waals surface area contributed by atoms with E-state index in [4.69, 9.17) is 4.74 Å². The van der Waals surface area contributed by atoms with Gasteiger partial charge in [0, 0.05) is 29.2 Å². The van der Waals surface area contributed by atoms with Crippen LogP contribution in [0.25, 0.3) is 10.9 Å². The number of piperidine rings is 1. The first kappa shape index (κ1) is 26.8. The molecular weight excluding hydrogens is 468 g/mol. The Morgan fingerprint density at radius 3 is 2.47 bits per heavy atom. The molecule has 36 heavy (non-hydrogen) atoms. The summed E-state index contributed by atoms with van der Waals surface area (Å²) in [5.74, 6) is 1.81. The van der Waals surface area contributed by atoms with Crippen molar-refractivity contribution in [3.8, 4) is 5.75 Å². The number of rotatable bonds is 7. The molecule has 0 amide bonds. The number of fused-ring (bicyclic) bond motifs is 1. The standard InChI is InChI=1S/C31H40N2O2.ClH/c1-23-28(18-20-32-19-10-9-15-26(32)21-24-11-5-3-6-12-24)29-22-27(35-2)16-17-30(29)33(23)31(34)25-13-7-4-8-14-25;/h4,7-8,13-14,16-17,22,24,26H,3,5-6,9-12,15,18-21H2,1-2H3;1H. The lowest BCUT2D eigenvalue weighted by atomic mass is 9.82. The SMILES string of the molecule is COc1ccc2c(c1)c(CCN1CCCCC1CC1CCCCC1)c(C)n2C(=O)c1ccccc1.Cl. The monoisotopic (exact) mass is 508 g/mol. The molecule has 5 heteroatoms. The summed E-state index contributed by atoms with van der Waals surface area (Å²) in [5.41, 5.74) is 4.04. The number of methoxy groups -OCH3 is 1. The summed E-state index contributed by atoms with van der Waals surface area (Å²) in [6.45, 7) is 4.38. The van der Waals surface area contributed by atoms with Gasteiger partial charge in [-0.3, -0.25) is 9.36 Å². The van der Waals surface area contributed by atoms with Crippen LogP contribution in [0.5, 0.6) is 5.75 Å². The minimum atomic E-state index is 0. The van der Waals surface area contributed by atoms with Gasteiger partial charge in [0.2, 0.25) is 0 Å². The second-order valence-corrected chi connectivity index (χ2v) is 10.6. The van der Waals surface area contributed by atoms with Crippen LogP contribution in [0.4, 0.5) is 0 Å². The first-order valence-corrected chi connectivity index (χ1v) is 13.7. The Labute approximate surface area is 222 Å². The van der Waals surface area contributed by atoms with Crippen LogP contribution < -0.4 is 4.74 Å². The lowest BCUT2D eigenvalue weighted by molar-refractivity contribution is 0.0962. The number of carbonyl (C=O) groups excluding carboxylic acids is 1. The molecule has 4 nitrogen and oxygen atoms in total. The van der Waals surface area contributed by atoms with Crippen LogP contribution in [-0.4, -0.2) is 41.6 Å². The summed E-state index contributed by atoms with van der Waals surface area (Å²) >= 11 is 0. The Kier molecular flexibility index (Phi) is 9.14. The molecule has 0 spiro atoms. The van der Waals surface area contributed by atoms with Gasteiger partial charge in [-0.05, 0) is 81.0 Å². The highest BCUT2D eigenvalue weighted by Crippen LogP contribution is 2.34. The average molecular weight is 509 g/mol. The van der Waals surface area contributed by atoms with E-state index in [2.05, 4.69) is 17.9 Å². The second-order valence-electron chi connectivity index (χ2n) is 10.6. The zero-order valence-electron chi connectivity index (χ0n) is 21.9. The highest BCUT2D eigenvalue weighted by Gasteiger charge is 2.27. The van der Waals surface area contributed by atoms with Gasteiger partial charge in [-0.15, -0.1) is 12.4 Å². The first-order valence-electron chi connectivity index (χ1n) is 13.7. The molecule has 194 valence electrons. The van der Waals surface area contributed by atoms with Crippen LogP contribution >= 0.6 is 12.4 Å². The van der Waals surface area contributed by atoms with E-state index in [-0.39, 0.29) is 18.3 Å². The molecule has 5 rings (SSSR count). The van der Waals surface area contributed by atoms with Crippen molar-refractivity contribution in [2.45, 2.75) is 77.2 Å². The number of benzene rings is 2. The van der Waals surface area contributed by atoms with Gasteiger partial charge < -0.3 is 9.64 Å². The van der Waals surface area contributed by atoms with Gasteiger partial charge in [0.25, 0.3) is 5.91 Å². The van der Waals surface area contributed by atoms with Crippen LogP contribution in [-0.2, 0) is 6.42 Å². The molecule has 2 aromatic carbocycles. The number of likely N-dealkylation sites (tertiary alicyclic amines) is 1. The zero-order chi connectivity index (χ0) is 24.2. The molecule has 0 N–H and O–H groups in total. The van der Waals surface area contributed by atoms with Crippen LogP contribution in [0.2, 0.25) is 0 Å². The minimum absolute atomic E-state index is 0. The number of nitrogens with zero attached hydrogens (tertiary/aromatic N) is 2. The number of hydrogen-bond acceptors (Lipinski definition) is 3. The zero-order valence-corrected chi connectivity index (χ0v) is 22.7. The highest BCUT2D eigenvalue weighted by molar-refractivity contribution is 6.04. The molecule has 1 aromatic heterocycles. The van der Waals surface area contributed by atoms with Gasteiger partial charge in [-0.1, -0.05) is 56.7 Å². The molecule has 1 aliphatic heterocycles. The van der Waals surface area contributed by atoms with E-state index < -0.39 is 0 Å². The number of carbonyl (C=O) groups is 1. The third-order valence-corrected chi connectivity index (χ3v) is 8.49. The van der Waals surface area contributed by atoms with Crippen LogP contribution in [0, 0.1) is 12.8 Å². The van der Waals surface area contributed by atoms with Gasteiger partial charge in [0.1, 0.15) is 5.75 Å². The molecule has 3 aromatic rings. The number of hydrogen-bond donors (Lipinski definition) is 0. The van der Waals surface area contributed by atoms with Crippen molar-refractivity contribution < 1.29 is 9.53 Å². The summed E-state index contributed by atoms with van der Waals surface area (Å²) in [6.07, 6.45) is 13.5. The van der Waals surface area contributed by atoms with Crippen molar-refractivity contribution in [1.82, 2.24) is 9.47 Å². The summed E-state index contributed by atoms with van der Waals surface area (Å²) in [5, 5.41) is 1.15. The van der Waals surface area contributed by atoms with Crippen molar-refractivity contribution in [3.05, 3.63) is 65.4 Å². The predicted molar refractivity (Wildman–Crippen MR) is 151 cm³/mol. The molecular formula is C31H41ClN2O2. The second kappa shape index (κ2) is 12.3. The van der Waals surface area contributed by atoms with Crippen LogP contribution in [0.3, 0.4) is 0 Å². The van der Waals surface area contributed by atoms with Crippen molar-refractivity contribution >= 4 is 29.2 Å². The predicted octanol–water partition coefficient (Wildman–Crippen LogP) is 7.44. The maximum atomic E-state index is 13.5. The topological polar surface area (TPSA) is 34.5 Å². The van der Waals surface area contributed by atoms with E-state index in [0.717, 1.165) is 52.8 Å². The number of ether oxygens (including phenoxy) is 1. The molecule has 2 fully saturated rings. The highest BCUT2D eigenvalue weighted by atomic mass is 35.5. The Hall–Kier alpha value is -2.30. The smallest absolute Gasteiger partial charge is 0.262 e. The maximum Gasteiger partial charge on any atom is 0.262 e. The largest absolute Gasteiger partial charge is 0.497 e. The lowest BCUT2D eigenvalue weighted by Gasteiger charge is -2.38. The summed E-state index contributed by atoms with van der Waals surface area (Å²) in [4.78, 5) is 16.3. The summed E-state index contributed by atoms with van der Waals surface area (Å²) < 4.78 is 7.47. The van der Waals surface area contributed by atoms with E-state index >= 15 is 0 Å². The van der Waals surface area contributed by atoms with E-state index in [1.807, 2.05) is 47.0 Å². The molecule has 1 aliphatic carbocycles. The van der Waals surface area contributed by atoms with Gasteiger partial charge >= 0.3 is 0 Å². The first-order chi connectivity index (χ1) is 17.2. The van der Waals surface area contributed by atoms with Crippen molar-refractivity contribution in [2.24, 2.45) is 5.92 Å². The van der Waals surface area contributed by atoms with Gasteiger partial charge in [0.15, 0.2) is 0 Å². The van der Waals surface area contributed by atoms with E-state index in [1.54, 1.807) is 7.11 Å². The van der Waals surface area contributed by atoms with Crippen molar-refractivity contribution in [3.63, 3.8) is 0 Å². The summed E-state index contributed by atoms with van der Waals surface area (Å²) in [6, 6.07) is 16.5. The quantitative estimate of drug-likeness (QED) is 0.332. The fraction of sp³-hybridized carbons (Fsp3) is 0.516. The fourth-order valence-corrected chi connectivity index (χ4v) is 6.56. The normalized spacial score (nSPS) is 19.2. The third-order valence-electron chi connectivity index (χ3n) is 8.49. The molecule has 2 heterocycles. The molecule has 1 saturated heterocycles.